The van der Waals surface area contributed by atoms with Crippen LogP contribution in [0.1, 0.15) is 11.1 Å². The number of nitrogens with two attached hydrogens (primary N) is 3. The van der Waals surface area contributed by atoms with Crippen molar-refractivity contribution in [2.45, 2.75) is 9.79 Å². The first-order valence-electron chi connectivity index (χ1n) is 16.5. The zero-order valence-corrected chi connectivity index (χ0v) is 39.9. The topological polar surface area (TPSA) is 462 Å². The SMILES string of the molecule is NCCO.Nc1nc(NCCO)nc(Nc2ccc(/C=C/c3ccc(Nc4nc(N)nc(NCCO)n4)cc3S(=O)(=O)O)c(S(=O)(=O)O)c2)n1.OCCNCCO.[K+].[NH4+].[Na+]. The van der Waals surface area contributed by atoms with Gasteiger partial charge in [0, 0.05) is 44.1 Å². The zero-order chi connectivity index (χ0) is 42.4. The molecule has 0 saturated heterocycles. The maximum atomic E-state index is 12.3. The summed E-state index contributed by atoms with van der Waals surface area (Å²) in [4.78, 5) is 22.6. The van der Waals surface area contributed by atoms with Crippen molar-refractivity contribution in [3.63, 3.8) is 0 Å². The molecule has 0 fully saturated rings. The van der Waals surface area contributed by atoms with Crippen LogP contribution in [-0.2, 0) is 20.2 Å². The number of aliphatic hydroxyl groups excluding tert-OH is 5. The standard InChI is InChI=1S/C24H28N12O8S2.C4H11NO2.C2H7NO.K.H3N.Na/c25-19-31-21(27-7-9-37)35-23(33-19)29-15-5-3-13(17(11-15)45(39,40)41)1-2-14-4-6-16(12-18(14)46(42,43)44)30-24-34-20(26)32-22(36-24)28-8-10-38;6-3-1-5-2-4-7;3-1-2-4;;;/h1-6,11-12,37-38H,7-10H2,(H,39,40,41)(H,42,43,44)(H4,25,27,29,31,33,35)(H4,26,28,30,32,34,36);5-7H,1-4H2;4H,1-3H2;;1H3;/q;;;+1;;+1/p+1/b2-1+;;;;;. The summed E-state index contributed by atoms with van der Waals surface area (Å²) in [6.07, 6.45) is 2.43. The van der Waals surface area contributed by atoms with Gasteiger partial charge in [-0.2, -0.15) is 46.7 Å². The van der Waals surface area contributed by atoms with Crippen molar-refractivity contribution in [3.05, 3.63) is 47.5 Å². The number of nitrogens with one attached hydrogen (secondary N) is 5. The number of benzene rings is 2. The number of aromatic nitrogens is 6. The fraction of sp³-hybridized carbons (Fsp3) is 0.333. The van der Waals surface area contributed by atoms with Crippen LogP contribution >= 0.6 is 0 Å². The van der Waals surface area contributed by atoms with Crippen LogP contribution in [0.4, 0.5) is 47.1 Å². The Bertz CT molecular complexity index is 1990. The second-order valence-corrected chi connectivity index (χ2v) is 13.5. The van der Waals surface area contributed by atoms with E-state index in [4.69, 9.17) is 42.7 Å². The van der Waals surface area contributed by atoms with Gasteiger partial charge in [0.2, 0.25) is 35.7 Å². The minimum absolute atomic E-state index is 0. The molecule has 30 heteroatoms. The molecule has 0 amide bonds. The third kappa shape index (κ3) is 22.3. The molecule has 0 aliphatic heterocycles. The molecule has 4 aromatic rings. The molecule has 2 heterocycles. The molecule has 0 spiro atoms. The first-order chi connectivity index (χ1) is 27.1. The molecule has 0 atom stereocenters. The molecule has 2 aromatic carbocycles. The molecule has 2 aromatic heterocycles. The molecule has 26 nitrogen and oxygen atoms in total. The quantitative estimate of drug-likeness (QED) is 0.0180. The van der Waals surface area contributed by atoms with Gasteiger partial charge < -0.3 is 75.5 Å². The first-order valence-corrected chi connectivity index (χ1v) is 19.4. The van der Waals surface area contributed by atoms with Gasteiger partial charge in [-0.25, -0.2) is 0 Å². The average molecular weight is 923 g/mol. The summed E-state index contributed by atoms with van der Waals surface area (Å²) in [6.45, 7) is 1.76. The summed E-state index contributed by atoms with van der Waals surface area (Å²) in [6, 6.07) is 7.64. The molecule has 0 radical (unpaired) electrons. The number of nitrogen functional groups attached to an aromatic ring is 2. The zero-order valence-electron chi connectivity index (χ0n) is 33.2. The van der Waals surface area contributed by atoms with Crippen LogP contribution in [0, 0.1) is 0 Å². The fourth-order valence-corrected chi connectivity index (χ4v) is 5.48. The number of anilines is 8. The van der Waals surface area contributed by atoms with Gasteiger partial charge in [0.1, 0.15) is 9.79 Å². The van der Waals surface area contributed by atoms with Crippen LogP contribution in [0.3, 0.4) is 0 Å². The van der Waals surface area contributed by atoms with Gasteiger partial charge in [-0.3, -0.25) is 9.11 Å². The van der Waals surface area contributed by atoms with E-state index in [0.29, 0.717) is 19.6 Å². The summed E-state index contributed by atoms with van der Waals surface area (Å²) in [7, 11) is -9.62. The monoisotopic (exact) mass is 922 g/mol. The van der Waals surface area contributed by atoms with Crippen molar-refractivity contribution >= 4 is 79.5 Å². The van der Waals surface area contributed by atoms with Crippen LogP contribution in [0.5, 0.6) is 0 Å². The predicted octanol–water partition coefficient (Wildman–Crippen LogP) is -7.94. The second-order valence-electron chi connectivity index (χ2n) is 10.7. The first kappa shape index (κ1) is 59.2. The number of nitrogens with zero attached hydrogens (tertiary/aromatic N) is 6. The molecule has 60 heavy (non-hydrogen) atoms. The van der Waals surface area contributed by atoms with E-state index in [2.05, 4.69) is 56.5 Å². The minimum Gasteiger partial charge on any atom is -0.395 e. The number of hydrogen-bond donors (Lipinski definition) is 16. The van der Waals surface area contributed by atoms with Gasteiger partial charge in [-0.05, 0) is 35.4 Å². The maximum absolute atomic E-state index is 12.3. The van der Waals surface area contributed by atoms with Gasteiger partial charge >= 0.3 is 80.9 Å². The number of quaternary nitrogens is 1. The van der Waals surface area contributed by atoms with Crippen LogP contribution in [-0.4, -0.2) is 147 Å². The second kappa shape index (κ2) is 31.0. The van der Waals surface area contributed by atoms with Crippen molar-refractivity contribution in [1.29, 1.82) is 0 Å². The van der Waals surface area contributed by atoms with E-state index in [1.807, 2.05) is 0 Å². The van der Waals surface area contributed by atoms with Crippen molar-refractivity contribution in [2.24, 2.45) is 5.73 Å². The average Bonchev–Trinajstić information content (AvgIpc) is 3.15. The van der Waals surface area contributed by atoms with Gasteiger partial charge in [-0.1, -0.05) is 24.3 Å². The van der Waals surface area contributed by atoms with E-state index in [-0.39, 0.29) is 191 Å². The Balaban J connectivity index is 0. The van der Waals surface area contributed by atoms with E-state index in [0.717, 1.165) is 12.1 Å². The van der Waals surface area contributed by atoms with Crippen LogP contribution in [0.2, 0.25) is 0 Å². The van der Waals surface area contributed by atoms with Gasteiger partial charge in [0.15, 0.2) is 0 Å². The van der Waals surface area contributed by atoms with E-state index in [1.165, 1.54) is 36.4 Å². The Morgan fingerprint density at radius 1 is 0.567 bits per heavy atom. The molecule has 22 N–H and O–H groups in total. The Morgan fingerprint density at radius 2 is 0.900 bits per heavy atom. The van der Waals surface area contributed by atoms with Crippen LogP contribution in [0.15, 0.2) is 46.2 Å². The fourth-order valence-electron chi connectivity index (χ4n) is 4.06. The third-order valence-corrected chi connectivity index (χ3v) is 8.16. The maximum Gasteiger partial charge on any atom is 1.00 e. The smallest absolute Gasteiger partial charge is 0.395 e. The third-order valence-electron chi connectivity index (χ3n) is 6.34. The Kier molecular flexibility index (Phi) is 30.7. The van der Waals surface area contributed by atoms with Crippen LogP contribution in [0.25, 0.3) is 12.2 Å². The minimum atomic E-state index is -4.81. The van der Waals surface area contributed by atoms with E-state index in [1.54, 1.807) is 0 Å². The Morgan fingerprint density at radius 3 is 1.20 bits per heavy atom. The predicted molar refractivity (Wildman–Crippen MR) is 217 cm³/mol. The van der Waals surface area contributed by atoms with Crippen molar-refractivity contribution in [2.75, 3.05) is 98.5 Å². The van der Waals surface area contributed by atoms with Gasteiger partial charge in [0.05, 0.1) is 33.0 Å². The summed E-state index contributed by atoms with van der Waals surface area (Å²) in [5, 5.41) is 55.7. The Labute approximate surface area is 410 Å². The summed E-state index contributed by atoms with van der Waals surface area (Å²) < 4.78 is 68.9. The van der Waals surface area contributed by atoms with E-state index in [9.17, 15) is 25.9 Å². The van der Waals surface area contributed by atoms with Crippen LogP contribution < -0.4 is 131 Å². The van der Waals surface area contributed by atoms with Gasteiger partial charge in [-0.15, -0.1) is 0 Å². The Hall–Kier alpha value is -2.86. The summed E-state index contributed by atoms with van der Waals surface area (Å²) in [5.41, 5.74) is 16.3. The molecule has 0 aliphatic carbocycles. The molecule has 0 aliphatic rings. The van der Waals surface area contributed by atoms with Crippen molar-refractivity contribution in [3.8, 4) is 0 Å². The summed E-state index contributed by atoms with van der Waals surface area (Å²) >= 11 is 0. The molecular formula is C30H50KN15NaO11S2+3. The number of aliphatic hydroxyl groups is 5. The largest absolute Gasteiger partial charge is 1.00 e. The normalized spacial score (nSPS) is 10.7. The van der Waals surface area contributed by atoms with Crippen molar-refractivity contribution < 1.29 is 132 Å². The number of rotatable bonds is 19. The molecular weight excluding hydrogens is 873 g/mol. The molecule has 322 valence electrons. The summed E-state index contributed by atoms with van der Waals surface area (Å²) in [5.74, 6) is -0.373. The molecule has 0 unspecified atom stereocenters. The molecule has 0 bridgehead atoms. The molecule has 4 rings (SSSR count). The van der Waals surface area contributed by atoms with Gasteiger partial charge in [0.25, 0.3) is 20.2 Å². The van der Waals surface area contributed by atoms with E-state index >= 15 is 0 Å². The molecule has 0 saturated carbocycles. The number of hydrogen-bond acceptors (Lipinski definition) is 23. The van der Waals surface area contributed by atoms with Crippen molar-refractivity contribution in [1.82, 2.24) is 41.4 Å². The van der Waals surface area contributed by atoms with E-state index < -0.39 is 30.0 Å².